The molecule has 3 aromatic rings. The van der Waals surface area contributed by atoms with Gasteiger partial charge in [-0.25, -0.2) is 9.69 Å². The third-order valence-electron chi connectivity index (χ3n) is 10.1. The van der Waals surface area contributed by atoms with Crippen molar-refractivity contribution in [1.29, 1.82) is 0 Å². The number of amides is 3. The average Bonchev–Trinajstić information content (AvgIpc) is 3.72. The molecule has 55 heavy (non-hydrogen) atoms. The number of carbonyl (C=O) groups excluding carboxylic acids is 3. The maximum Gasteiger partial charge on any atom is 0.416 e. The van der Waals surface area contributed by atoms with Crippen molar-refractivity contribution in [1.82, 2.24) is 9.80 Å². The molecule has 0 spiro atoms. The zero-order valence-electron chi connectivity index (χ0n) is 31.3. The molecule has 4 aliphatic rings. The second-order valence-corrected chi connectivity index (χ2v) is 14.1. The number of unbranched alkanes of at least 4 members (excludes halogenated alkanes) is 2. The van der Waals surface area contributed by atoms with Crippen LogP contribution in [0.4, 0.5) is 21.9 Å². The zero-order chi connectivity index (χ0) is 38.8. The van der Waals surface area contributed by atoms with Crippen molar-refractivity contribution in [2.45, 2.75) is 70.9 Å². The van der Waals surface area contributed by atoms with Crippen molar-refractivity contribution in [3.05, 3.63) is 88.8 Å². The van der Waals surface area contributed by atoms with Gasteiger partial charge < -0.3 is 44.3 Å². The van der Waals surface area contributed by atoms with Crippen LogP contribution in [0, 0.1) is 0 Å². The molecule has 0 radical (unpaired) electrons. The highest BCUT2D eigenvalue weighted by molar-refractivity contribution is 6.06. The summed E-state index contributed by atoms with van der Waals surface area (Å²) in [6.07, 6.45) is 6.41. The molecule has 3 atom stereocenters. The van der Waals surface area contributed by atoms with Crippen molar-refractivity contribution in [2.75, 3.05) is 38.1 Å². The lowest BCUT2D eigenvalue weighted by molar-refractivity contribution is 0.0544. The SMILES string of the molecule is COc1cc2c(cc1OCCCCCOc1cc3c(cc1OC)C(=O)N1C=C(C)C[C@H]1[C@H](O)N3C(=O)OCc1ccc(N)cc1)N=C[C@@H]1CC(C)=CN1C2=O. The molecule has 14 nitrogen and oxygen atoms in total. The van der Waals surface area contributed by atoms with Crippen LogP contribution in [0.25, 0.3) is 0 Å². The number of hydrogen-bond acceptors (Lipinski definition) is 11. The van der Waals surface area contributed by atoms with Gasteiger partial charge in [0, 0.05) is 36.4 Å². The maximum absolute atomic E-state index is 13.9. The van der Waals surface area contributed by atoms with Gasteiger partial charge in [0.25, 0.3) is 11.8 Å². The van der Waals surface area contributed by atoms with E-state index in [1.54, 1.807) is 59.8 Å². The molecule has 7 rings (SSSR count). The number of hydrogen-bond donors (Lipinski definition) is 2. The highest BCUT2D eigenvalue weighted by Gasteiger charge is 2.45. The van der Waals surface area contributed by atoms with Gasteiger partial charge in [-0.3, -0.25) is 14.6 Å². The summed E-state index contributed by atoms with van der Waals surface area (Å²) in [5.41, 5.74) is 10.4. The Hall–Kier alpha value is -6.02. The molecule has 0 saturated carbocycles. The first-order valence-corrected chi connectivity index (χ1v) is 18.3. The minimum absolute atomic E-state index is 0.0654. The molecule has 3 amide bonds. The van der Waals surface area contributed by atoms with E-state index in [9.17, 15) is 19.5 Å². The predicted molar refractivity (Wildman–Crippen MR) is 205 cm³/mol. The first-order valence-electron chi connectivity index (χ1n) is 18.3. The molecule has 4 aliphatic heterocycles. The number of aliphatic hydroxyl groups is 1. The molecule has 0 aromatic heterocycles. The molecular weight excluding hydrogens is 706 g/mol. The minimum atomic E-state index is -1.40. The molecule has 0 aliphatic carbocycles. The number of ether oxygens (including phenoxy) is 5. The van der Waals surface area contributed by atoms with Crippen LogP contribution in [0.2, 0.25) is 0 Å². The van der Waals surface area contributed by atoms with E-state index in [1.807, 2.05) is 20.0 Å². The van der Waals surface area contributed by atoms with Gasteiger partial charge in [-0.1, -0.05) is 23.3 Å². The number of aliphatic hydroxyl groups excluding tert-OH is 1. The monoisotopic (exact) mass is 751 g/mol. The molecule has 0 bridgehead atoms. The number of benzene rings is 3. The van der Waals surface area contributed by atoms with Crippen LogP contribution < -0.4 is 29.6 Å². The van der Waals surface area contributed by atoms with Gasteiger partial charge in [-0.2, -0.15) is 0 Å². The Bertz CT molecular complexity index is 2080. The summed E-state index contributed by atoms with van der Waals surface area (Å²) in [4.78, 5) is 49.7. The number of anilines is 2. The normalized spacial score (nSPS) is 19.7. The molecule has 288 valence electrons. The fraction of sp³-hybridized carbons (Fsp3) is 0.366. The summed E-state index contributed by atoms with van der Waals surface area (Å²) in [7, 11) is 3.01. The number of carbonyl (C=O) groups is 3. The second kappa shape index (κ2) is 15.8. The van der Waals surface area contributed by atoms with Gasteiger partial charge >= 0.3 is 6.09 Å². The van der Waals surface area contributed by atoms with Gasteiger partial charge in [0.15, 0.2) is 29.2 Å². The third kappa shape index (κ3) is 7.54. The summed E-state index contributed by atoms with van der Waals surface area (Å²) in [5.74, 6) is 1.07. The molecule has 0 saturated heterocycles. The number of nitrogens with two attached hydrogens (primary N) is 1. The Morgan fingerprint density at radius 1 is 0.818 bits per heavy atom. The molecule has 3 N–H and O–H groups in total. The van der Waals surface area contributed by atoms with Crippen molar-refractivity contribution >= 4 is 41.2 Å². The second-order valence-electron chi connectivity index (χ2n) is 14.1. The van der Waals surface area contributed by atoms with E-state index in [0.717, 1.165) is 28.9 Å². The Morgan fingerprint density at radius 2 is 1.44 bits per heavy atom. The van der Waals surface area contributed by atoms with Gasteiger partial charge in [0.05, 0.1) is 62.0 Å². The quantitative estimate of drug-likeness (QED) is 0.158. The average molecular weight is 752 g/mol. The Labute approximate surface area is 319 Å². The smallest absolute Gasteiger partial charge is 0.416 e. The fourth-order valence-electron chi connectivity index (χ4n) is 7.25. The minimum Gasteiger partial charge on any atom is -0.493 e. The molecule has 0 unspecified atom stereocenters. The van der Waals surface area contributed by atoms with Gasteiger partial charge in [0.2, 0.25) is 0 Å². The Morgan fingerprint density at radius 3 is 2.13 bits per heavy atom. The molecular formula is C41H45N5O9. The number of aliphatic imine (C=N–C) groups is 1. The number of nitrogen functional groups attached to an aromatic ring is 1. The standard InChI is InChI=1S/C41H45N5O9/c1-24-14-28-20-43-31-18-36(34(51-3)16-29(31)38(47)44(28)21-24)53-12-6-5-7-13-54-37-19-32-30(17-35(37)52-4)39(48)45-22-25(2)15-33(45)40(49)46(32)41(50)55-23-26-8-10-27(42)11-9-26/h8-11,16-22,28,33,40,49H,5-7,12-15,23,42H2,1-4H3/t28-,33-,40-/m0/s1. The largest absolute Gasteiger partial charge is 0.493 e. The van der Waals surface area contributed by atoms with E-state index in [4.69, 9.17) is 29.4 Å². The summed E-state index contributed by atoms with van der Waals surface area (Å²) < 4.78 is 29.1. The van der Waals surface area contributed by atoms with Crippen molar-refractivity contribution in [3.63, 3.8) is 0 Å². The zero-order valence-corrected chi connectivity index (χ0v) is 31.3. The number of fused-ring (bicyclic) bond motifs is 4. The van der Waals surface area contributed by atoms with Crippen LogP contribution in [-0.2, 0) is 11.3 Å². The lowest BCUT2D eigenvalue weighted by Crippen LogP contribution is -2.50. The summed E-state index contributed by atoms with van der Waals surface area (Å²) >= 11 is 0. The summed E-state index contributed by atoms with van der Waals surface area (Å²) in [5, 5.41) is 11.6. The Balaban J connectivity index is 1.00. The van der Waals surface area contributed by atoms with E-state index in [-0.39, 0.29) is 35.7 Å². The molecule has 0 fully saturated rings. The molecule has 14 heteroatoms. The lowest BCUT2D eigenvalue weighted by Gasteiger charge is -2.31. The predicted octanol–water partition coefficient (Wildman–Crippen LogP) is 6.34. The van der Waals surface area contributed by atoms with Crippen LogP contribution in [-0.4, -0.2) is 84.8 Å². The number of nitrogens with zero attached hydrogens (tertiary/aromatic N) is 4. The van der Waals surface area contributed by atoms with Crippen LogP contribution in [0.1, 0.15) is 72.2 Å². The van der Waals surface area contributed by atoms with Crippen molar-refractivity contribution in [2.24, 2.45) is 4.99 Å². The van der Waals surface area contributed by atoms with Crippen LogP contribution >= 0.6 is 0 Å². The van der Waals surface area contributed by atoms with Crippen LogP contribution in [0.15, 0.2) is 77.1 Å². The number of methoxy groups -OCH3 is 2. The number of rotatable bonds is 12. The van der Waals surface area contributed by atoms with Crippen LogP contribution in [0.3, 0.4) is 0 Å². The van der Waals surface area contributed by atoms with Crippen LogP contribution in [0.5, 0.6) is 23.0 Å². The fourth-order valence-corrected chi connectivity index (χ4v) is 7.25. The Kier molecular flexibility index (Phi) is 10.7. The first kappa shape index (κ1) is 37.3. The summed E-state index contributed by atoms with van der Waals surface area (Å²) in [6.45, 7) is 4.50. The van der Waals surface area contributed by atoms with E-state index in [1.165, 1.54) is 25.2 Å². The van der Waals surface area contributed by atoms with E-state index < -0.39 is 18.4 Å². The first-order chi connectivity index (χ1) is 26.6. The van der Waals surface area contributed by atoms with E-state index in [2.05, 4.69) is 4.99 Å². The summed E-state index contributed by atoms with van der Waals surface area (Å²) in [6, 6.07) is 12.6. The topological polar surface area (TPSA) is 166 Å². The molecule has 4 heterocycles. The van der Waals surface area contributed by atoms with Gasteiger partial charge in [-0.15, -0.1) is 0 Å². The van der Waals surface area contributed by atoms with Crippen molar-refractivity contribution < 1.29 is 43.2 Å². The van der Waals surface area contributed by atoms with Crippen molar-refractivity contribution in [3.8, 4) is 23.0 Å². The highest BCUT2D eigenvalue weighted by atomic mass is 16.6. The van der Waals surface area contributed by atoms with Gasteiger partial charge in [0.1, 0.15) is 6.61 Å². The maximum atomic E-state index is 13.9. The van der Waals surface area contributed by atoms with E-state index >= 15 is 0 Å². The van der Waals surface area contributed by atoms with Gasteiger partial charge in [-0.05, 0) is 75.8 Å². The molecule has 3 aromatic carbocycles. The highest BCUT2D eigenvalue weighted by Crippen LogP contribution is 2.42. The lowest BCUT2D eigenvalue weighted by atomic mass is 10.1. The third-order valence-corrected chi connectivity index (χ3v) is 10.1. The van der Waals surface area contributed by atoms with E-state index in [0.29, 0.717) is 78.0 Å².